The van der Waals surface area contributed by atoms with Crippen LogP contribution in [0.5, 0.6) is 0 Å². The Morgan fingerprint density at radius 1 is 1.03 bits per heavy atom. The average Bonchev–Trinajstić information content (AvgIpc) is 3.24. The van der Waals surface area contributed by atoms with E-state index in [0.29, 0.717) is 27.4 Å². The lowest BCUT2D eigenvalue weighted by atomic mass is 10.1. The van der Waals surface area contributed by atoms with E-state index in [0.717, 1.165) is 27.7 Å². The second-order valence-electron chi connectivity index (χ2n) is 8.43. The van der Waals surface area contributed by atoms with Gasteiger partial charge in [-0.25, -0.2) is 4.98 Å². The Morgan fingerprint density at radius 3 is 2.53 bits per heavy atom. The Labute approximate surface area is 210 Å². The lowest BCUT2D eigenvalue weighted by molar-refractivity contribution is -0.113. The highest BCUT2D eigenvalue weighted by molar-refractivity contribution is 7.99. The van der Waals surface area contributed by atoms with Gasteiger partial charge in [0.05, 0.1) is 11.4 Å². The number of nitrogens with one attached hydrogen (secondary N) is 2. The highest BCUT2D eigenvalue weighted by atomic mass is 32.2. The molecule has 2 amide bonds. The lowest BCUT2D eigenvalue weighted by Gasteiger charge is -2.15. The van der Waals surface area contributed by atoms with Gasteiger partial charge in [0.15, 0.2) is 5.16 Å². The van der Waals surface area contributed by atoms with Gasteiger partial charge in [0.25, 0.3) is 5.56 Å². The van der Waals surface area contributed by atoms with Crippen molar-refractivity contribution in [1.82, 2.24) is 14.5 Å². The molecule has 0 aliphatic carbocycles. The normalized spacial score (nSPS) is 11.2. The van der Waals surface area contributed by atoms with Gasteiger partial charge in [-0.05, 0) is 61.4 Å². The van der Waals surface area contributed by atoms with Gasteiger partial charge in [-0.3, -0.25) is 19.0 Å². The van der Waals surface area contributed by atoms with Crippen LogP contribution in [0.2, 0.25) is 0 Å². The first-order valence-electron chi connectivity index (χ1n) is 11.3. The Bertz CT molecular complexity index is 1700. The monoisotopic (exact) mass is 497 g/mol. The Morgan fingerprint density at radius 2 is 1.78 bits per heavy atom. The van der Waals surface area contributed by atoms with Crippen LogP contribution in [0.15, 0.2) is 76.7 Å². The molecule has 5 rings (SSSR count). The van der Waals surface area contributed by atoms with Crippen LogP contribution in [0.25, 0.3) is 27.6 Å². The minimum absolute atomic E-state index is 0.0305. The number of aryl methyl sites for hydroxylation is 1. The predicted octanol–water partition coefficient (Wildman–Crippen LogP) is 4.31. The maximum Gasteiger partial charge on any atom is 0.283 e. The summed E-state index contributed by atoms with van der Waals surface area (Å²) in [6.45, 7) is 3.95. The number of aromatic nitrogens is 3. The predicted molar refractivity (Wildman–Crippen MR) is 143 cm³/mol. The SMILES string of the molecule is Cc1cccc(-n2c(SCC(=O)Nc3ccc(C(N)=O)cc3)nc3c([nH]c4ccccc43)c2=O)c1C. The zero-order chi connectivity index (χ0) is 25.4. The summed E-state index contributed by atoms with van der Waals surface area (Å²) in [6.07, 6.45) is 0. The molecule has 0 saturated carbocycles. The van der Waals surface area contributed by atoms with Crippen molar-refractivity contribution in [1.29, 1.82) is 0 Å². The first-order valence-corrected chi connectivity index (χ1v) is 12.2. The smallest absolute Gasteiger partial charge is 0.283 e. The minimum atomic E-state index is -0.536. The number of thioether (sulfide) groups is 1. The zero-order valence-corrected chi connectivity index (χ0v) is 20.5. The van der Waals surface area contributed by atoms with Crippen LogP contribution >= 0.6 is 11.8 Å². The summed E-state index contributed by atoms with van der Waals surface area (Å²) >= 11 is 1.18. The molecule has 0 spiro atoms. The summed E-state index contributed by atoms with van der Waals surface area (Å²) in [7, 11) is 0. The molecule has 0 unspecified atom stereocenters. The Hall–Kier alpha value is -4.37. The van der Waals surface area contributed by atoms with Crippen molar-refractivity contribution in [3.05, 3.63) is 93.8 Å². The topological polar surface area (TPSA) is 123 Å². The number of hydrogen-bond acceptors (Lipinski definition) is 5. The zero-order valence-electron chi connectivity index (χ0n) is 19.7. The van der Waals surface area contributed by atoms with Crippen molar-refractivity contribution in [2.24, 2.45) is 5.73 Å². The number of nitrogens with zero attached hydrogens (tertiary/aromatic N) is 2. The summed E-state index contributed by atoms with van der Waals surface area (Å²) < 4.78 is 1.57. The molecule has 0 aliphatic heterocycles. The highest BCUT2D eigenvalue weighted by Crippen LogP contribution is 2.28. The molecular weight excluding hydrogens is 474 g/mol. The number of nitrogens with two attached hydrogens (primary N) is 1. The number of H-pyrrole nitrogens is 1. The summed E-state index contributed by atoms with van der Waals surface area (Å²) in [5, 5.41) is 4.07. The molecule has 3 aromatic carbocycles. The van der Waals surface area contributed by atoms with Crippen LogP contribution in [0.4, 0.5) is 5.69 Å². The molecule has 5 aromatic rings. The number of hydrogen-bond donors (Lipinski definition) is 3. The van der Waals surface area contributed by atoms with Crippen LogP contribution < -0.4 is 16.6 Å². The van der Waals surface area contributed by atoms with E-state index in [9.17, 15) is 14.4 Å². The van der Waals surface area contributed by atoms with Crippen molar-refractivity contribution in [2.45, 2.75) is 19.0 Å². The van der Waals surface area contributed by atoms with Crippen LogP contribution in [0.3, 0.4) is 0 Å². The molecule has 180 valence electrons. The average molecular weight is 498 g/mol. The third-order valence-corrected chi connectivity index (χ3v) is 7.04. The van der Waals surface area contributed by atoms with E-state index >= 15 is 0 Å². The molecule has 0 fully saturated rings. The number of benzene rings is 3. The number of para-hydroxylation sites is 1. The molecule has 0 aliphatic rings. The second kappa shape index (κ2) is 9.35. The molecule has 36 heavy (non-hydrogen) atoms. The van der Waals surface area contributed by atoms with Crippen molar-refractivity contribution in [2.75, 3.05) is 11.1 Å². The number of carbonyl (C=O) groups excluding carboxylic acids is 2. The fourth-order valence-corrected chi connectivity index (χ4v) is 4.87. The number of carbonyl (C=O) groups is 2. The van der Waals surface area contributed by atoms with Crippen LogP contribution in [-0.4, -0.2) is 32.1 Å². The van der Waals surface area contributed by atoms with Crippen molar-refractivity contribution >= 4 is 51.2 Å². The van der Waals surface area contributed by atoms with E-state index in [1.54, 1.807) is 28.8 Å². The van der Waals surface area contributed by atoms with Crippen molar-refractivity contribution in [3.8, 4) is 5.69 Å². The van der Waals surface area contributed by atoms with Gasteiger partial charge in [0, 0.05) is 22.2 Å². The summed E-state index contributed by atoms with van der Waals surface area (Å²) in [5.41, 5.74) is 10.5. The summed E-state index contributed by atoms with van der Waals surface area (Å²) in [5.74, 6) is -0.776. The van der Waals surface area contributed by atoms with Gasteiger partial charge in [0.1, 0.15) is 11.0 Å². The maximum atomic E-state index is 13.7. The van der Waals surface area contributed by atoms with Gasteiger partial charge < -0.3 is 16.0 Å². The molecule has 2 aromatic heterocycles. The molecule has 9 heteroatoms. The highest BCUT2D eigenvalue weighted by Gasteiger charge is 2.19. The van der Waals surface area contributed by atoms with Crippen molar-refractivity contribution in [3.63, 3.8) is 0 Å². The molecule has 0 atom stereocenters. The van der Waals surface area contributed by atoms with Crippen LogP contribution in [0.1, 0.15) is 21.5 Å². The van der Waals surface area contributed by atoms with E-state index in [1.165, 1.54) is 11.8 Å². The quantitative estimate of drug-likeness (QED) is 0.238. The number of aromatic amines is 1. The van der Waals surface area contributed by atoms with Gasteiger partial charge in [-0.1, -0.05) is 42.1 Å². The van der Waals surface area contributed by atoms with E-state index in [2.05, 4.69) is 10.3 Å². The molecule has 4 N–H and O–H groups in total. The third kappa shape index (κ3) is 4.25. The maximum absolute atomic E-state index is 13.7. The third-order valence-electron chi connectivity index (χ3n) is 6.10. The van der Waals surface area contributed by atoms with E-state index in [-0.39, 0.29) is 17.2 Å². The fourth-order valence-electron chi connectivity index (χ4n) is 4.07. The second-order valence-corrected chi connectivity index (χ2v) is 9.37. The number of rotatable bonds is 6. The minimum Gasteiger partial charge on any atom is -0.366 e. The molecular formula is C27H23N5O3S. The van der Waals surface area contributed by atoms with Gasteiger partial charge >= 0.3 is 0 Å². The largest absolute Gasteiger partial charge is 0.366 e. The lowest BCUT2D eigenvalue weighted by Crippen LogP contribution is -2.23. The standard InChI is InChI=1S/C27H23N5O3S/c1-15-6-5-9-21(16(15)2)32-26(35)24-23(19-7-3-4-8-20(19)30-24)31-27(32)36-14-22(33)29-18-12-10-17(11-13-18)25(28)34/h3-13,30H,14H2,1-2H3,(H2,28,34)(H,29,33). The summed E-state index contributed by atoms with van der Waals surface area (Å²) in [4.78, 5) is 45.8. The number of amides is 2. The molecule has 0 saturated heterocycles. The number of fused-ring (bicyclic) bond motifs is 3. The Balaban J connectivity index is 1.53. The van der Waals surface area contributed by atoms with Crippen molar-refractivity contribution < 1.29 is 9.59 Å². The van der Waals surface area contributed by atoms with E-state index in [4.69, 9.17) is 10.7 Å². The number of anilines is 1. The first-order chi connectivity index (χ1) is 17.3. The summed E-state index contributed by atoms with van der Waals surface area (Å²) in [6, 6.07) is 19.7. The van der Waals surface area contributed by atoms with Gasteiger partial charge in [-0.2, -0.15) is 0 Å². The molecule has 2 heterocycles. The van der Waals surface area contributed by atoms with Gasteiger partial charge in [-0.15, -0.1) is 0 Å². The molecule has 0 bridgehead atoms. The van der Waals surface area contributed by atoms with E-state index in [1.807, 2.05) is 56.3 Å². The van der Waals surface area contributed by atoms with Crippen LogP contribution in [-0.2, 0) is 4.79 Å². The molecule has 0 radical (unpaired) electrons. The van der Waals surface area contributed by atoms with Crippen LogP contribution in [0, 0.1) is 13.8 Å². The Kier molecular flexibility index (Phi) is 6.07. The first kappa shape index (κ1) is 23.4. The van der Waals surface area contributed by atoms with E-state index < -0.39 is 5.91 Å². The fraction of sp³-hybridized carbons (Fsp3) is 0.111. The molecule has 8 nitrogen and oxygen atoms in total. The number of primary amides is 1. The van der Waals surface area contributed by atoms with Gasteiger partial charge in [0.2, 0.25) is 11.8 Å².